The van der Waals surface area contributed by atoms with Crippen molar-refractivity contribution in [3.8, 4) is 0 Å². The van der Waals surface area contributed by atoms with E-state index < -0.39 is 23.5 Å². The second kappa shape index (κ2) is 7.53. The molecule has 32 heavy (non-hydrogen) atoms. The molecule has 1 N–H and O–H groups in total. The van der Waals surface area contributed by atoms with Crippen molar-refractivity contribution in [2.75, 3.05) is 0 Å². The molecule has 1 aliphatic heterocycles. The number of halogens is 1. The summed E-state index contributed by atoms with van der Waals surface area (Å²) in [6, 6.07) is 15.6. The fraction of sp³-hybridized carbons (Fsp3) is 0.120. The molecule has 0 fully saturated rings. The molecule has 0 saturated heterocycles. The lowest BCUT2D eigenvalue weighted by Crippen LogP contribution is -2.30. The second-order valence-electron chi connectivity index (χ2n) is 7.74. The minimum atomic E-state index is -0.837. The first kappa shape index (κ1) is 19.8. The number of hydrogen-bond donors (Lipinski definition) is 1. The van der Waals surface area contributed by atoms with Gasteiger partial charge in [0.1, 0.15) is 5.82 Å². The zero-order valence-corrected chi connectivity index (χ0v) is 17.2. The summed E-state index contributed by atoms with van der Waals surface area (Å²) in [6.07, 6.45) is 3.22. The molecule has 1 unspecified atom stereocenters. The molecular weight excluding hydrogens is 411 g/mol. The molecule has 1 atom stereocenters. The Morgan fingerprint density at radius 3 is 2.56 bits per heavy atom. The average molecular weight is 430 g/mol. The summed E-state index contributed by atoms with van der Waals surface area (Å²) in [5.74, 6) is -2.18. The Hall–Kier alpha value is -4.13. The van der Waals surface area contributed by atoms with Crippen molar-refractivity contribution in [1.29, 1.82) is 0 Å². The molecular formula is C25H19FN2O4. The zero-order chi connectivity index (χ0) is 22.4. The SMILES string of the molecule is Cn1cc(C2C(C(=O)c3ccco3)=C(O)C(=O)N2Cc2ccc(F)cc2)c2ccccc21. The first-order valence-electron chi connectivity index (χ1n) is 10.1. The number of nitrogens with zero attached hydrogens (tertiary/aromatic N) is 2. The highest BCUT2D eigenvalue weighted by Crippen LogP contribution is 2.42. The van der Waals surface area contributed by atoms with Crippen LogP contribution in [0.4, 0.5) is 4.39 Å². The van der Waals surface area contributed by atoms with Gasteiger partial charge in [-0.25, -0.2) is 4.39 Å². The summed E-state index contributed by atoms with van der Waals surface area (Å²) in [7, 11) is 1.88. The molecule has 3 heterocycles. The standard InChI is InChI=1S/C25H19FN2O4/c1-27-14-18(17-5-2-3-6-19(17)27)22-21(23(29)20-7-4-12-32-20)24(30)25(31)28(22)13-15-8-10-16(26)11-9-15/h2-12,14,22,30H,13H2,1H3. The Balaban J connectivity index is 1.67. The van der Waals surface area contributed by atoms with Crippen molar-refractivity contribution >= 4 is 22.6 Å². The quantitative estimate of drug-likeness (QED) is 0.466. The van der Waals surface area contributed by atoms with Gasteiger partial charge in [0, 0.05) is 36.3 Å². The first-order chi connectivity index (χ1) is 15.5. The molecule has 6 nitrogen and oxygen atoms in total. The number of para-hydroxylation sites is 1. The van der Waals surface area contributed by atoms with E-state index in [1.54, 1.807) is 18.2 Å². The number of fused-ring (bicyclic) bond motifs is 1. The highest BCUT2D eigenvalue weighted by atomic mass is 19.1. The second-order valence-corrected chi connectivity index (χ2v) is 7.74. The minimum absolute atomic E-state index is 0.0354. The van der Waals surface area contributed by atoms with E-state index in [0.29, 0.717) is 11.1 Å². The highest BCUT2D eigenvalue weighted by Gasteiger charge is 2.45. The van der Waals surface area contributed by atoms with Crippen LogP contribution in [-0.4, -0.2) is 26.3 Å². The molecule has 160 valence electrons. The predicted octanol–water partition coefficient (Wildman–Crippen LogP) is 4.69. The molecule has 7 heteroatoms. The lowest BCUT2D eigenvalue weighted by molar-refractivity contribution is -0.130. The Kier molecular flexibility index (Phi) is 4.66. The van der Waals surface area contributed by atoms with Crippen LogP contribution in [0.15, 0.2) is 88.9 Å². The Morgan fingerprint density at radius 1 is 1.09 bits per heavy atom. The number of aryl methyl sites for hydroxylation is 1. The lowest BCUT2D eigenvalue weighted by atomic mass is 9.94. The van der Waals surface area contributed by atoms with Crippen molar-refractivity contribution in [3.05, 3.63) is 107 Å². The third-order valence-corrected chi connectivity index (χ3v) is 5.78. The van der Waals surface area contributed by atoms with Crippen molar-refractivity contribution in [1.82, 2.24) is 9.47 Å². The van der Waals surface area contributed by atoms with Gasteiger partial charge in [0.25, 0.3) is 5.91 Å². The molecule has 4 aromatic rings. The van der Waals surface area contributed by atoms with Gasteiger partial charge >= 0.3 is 0 Å². The van der Waals surface area contributed by atoms with Crippen LogP contribution in [0.25, 0.3) is 10.9 Å². The summed E-state index contributed by atoms with van der Waals surface area (Å²) in [5, 5.41) is 11.6. The number of aromatic nitrogens is 1. The van der Waals surface area contributed by atoms with Gasteiger partial charge in [0.15, 0.2) is 11.5 Å². The summed E-state index contributed by atoms with van der Waals surface area (Å²) in [4.78, 5) is 27.9. The number of benzene rings is 2. The molecule has 1 aliphatic rings. The van der Waals surface area contributed by atoms with Crippen molar-refractivity contribution in [2.45, 2.75) is 12.6 Å². The smallest absolute Gasteiger partial charge is 0.290 e. The molecule has 0 aliphatic carbocycles. The summed E-state index contributed by atoms with van der Waals surface area (Å²) in [6.45, 7) is 0.0893. The van der Waals surface area contributed by atoms with Gasteiger partial charge in [0.05, 0.1) is 17.9 Å². The van der Waals surface area contributed by atoms with Crippen LogP contribution in [0, 0.1) is 5.82 Å². The minimum Gasteiger partial charge on any atom is -0.503 e. The number of furan rings is 1. The van der Waals surface area contributed by atoms with Gasteiger partial charge < -0.3 is 19.0 Å². The summed E-state index contributed by atoms with van der Waals surface area (Å²) in [5.41, 5.74) is 2.26. The molecule has 2 aromatic heterocycles. The third kappa shape index (κ3) is 3.10. The first-order valence-corrected chi connectivity index (χ1v) is 10.1. The molecule has 0 saturated carbocycles. The van der Waals surface area contributed by atoms with E-state index >= 15 is 0 Å². The fourth-order valence-corrected chi connectivity index (χ4v) is 4.29. The summed E-state index contributed by atoms with van der Waals surface area (Å²) < 4.78 is 20.6. The van der Waals surface area contributed by atoms with Gasteiger partial charge in [-0.15, -0.1) is 0 Å². The van der Waals surface area contributed by atoms with Gasteiger partial charge in [-0.2, -0.15) is 0 Å². The van der Waals surface area contributed by atoms with E-state index in [1.807, 2.05) is 42.1 Å². The van der Waals surface area contributed by atoms with Crippen molar-refractivity contribution in [3.63, 3.8) is 0 Å². The van der Waals surface area contributed by atoms with Crippen LogP contribution in [0.3, 0.4) is 0 Å². The number of aliphatic hydroxyl groups excluding tert-OH is 1. The number of Topliss-reactive ketones (excluding diaryl/α,β-unsaturated/α-hetero) is 1. The topological polar surface area (TPSA) is 75.7 Å². The normalized spacial score (nSPS) is 16.4. The number of aliphatic hydroxyl groups is 1. The molecule has 0 bridgehead atoms. The van der Waals surface area contributed by atoms with E-state index in [0.717, 1.165) is 10.9 Å². The number of hydrogen-bond acceptors (Lipinski definition) is 4. The lowest BCUT2D eigenvalue weighted by Gasteiger charge is -2.26. The maximum atomic E-state index is 13.4. The molecule has 0 radical (unpaired) electrons. The van der Waals surface area contributed by atoms with Gasteiger partial charge in [-0.05, 0) is 35.9 Å². The van der Waals surface area contributed by atoms with Crippen LogP contribution in [0.5, 0.6) is 0 Å². The van der Waals surface area contributed by atoms with Gasteiger partial charge in [-0.1, -0.05) is 30.3 Å². The van der Waals surface area contributed by atoms with Crippen LogP contribution < -0.4 is 0 Å². The fourth-order valence-electron chi connectivity index (χ4n) is 4.29. The average Bonchev–Trinajstić information content (AvgIpc) is 3.50. The van der Waals surface area contributed by atoms with E-state index in [2.05, 4.69) is 0 Å². The van der Waals surface area contributed by atoms with E-state index in [-0.39, 0.29) is 23.7 Å². The van der Waals surface area contributed by atoms with Crippen LogP contribution >= 0.6 is 0 Å². The van der Waals surface area contributed by atoms with Gasteiger partial charge in [-0.3, -0.25) is 9.59 Å². The molecule has 5 rings (SSSR count). The van der Waals surface area contributed by atoms with E-state index in [4.69, 9.17) is 4.42 Å². The Bertz CT molecular complexity index is 1370. The highest BCUT2D eigenvalue weighted by molar-refractivity contribution is 6.15. The number of ketones is 1. The maximum Gasteiger partial charge on any atom is 0.290 e. The van der Waals surface area contributed by atoms with E-state index in [1.165, 1.54) is 29.4 Å². The predicted molar refractivity (Wildman–Crippen MR) is 115 cm³/mol. The molecule has 1 amide bonds. The maximum absolute atomic E-state index is 13.4. The summed E-state index contributed by atoms with van der Waals surface area (Å²) >= 11 is 0. The van der Waals surface area contributed by atoms with Gasteiger partial charge in [0.2, 0.25) is 5.78 Å². The van der Waals surface area contributed by atoms with Crippen molar-refractivity contribution < 1.29 is 23.5 Å². The molecule has 0 spiro atoms. The zero-order valence-electron chi connectivity index (χ0n) is 17.2. The number of rotatable bonds is 5. The van der Waals surface area contributed by atoms with Crippen LogP contribution in [-0.2, 0) is 18.4 Å². The molecule has 2 aromatic carbocycles. The Labute approximate surface area is 182 Å². The Morgan fingerprint density at radius 2 is 1.84 bits per heavy atom. The van der Waals surface area contributed by atoms with Crippen molar-refractivity contribution in [2.24, 2.45) is 7.05 Å². The largest absolute Gasteiger partial charge is 0.503 e. The van der Waals surface area contributed by atoms with E-state index in [9.17, 15) is 19.1 Å². The number of amides is 1. The monoisotopic (exact) mass is 430 g/mol. The van der Waals surface area contributed by atoms with Crippen LogP contribution in [0.2, 0.25) is 0 Å². The number of carbonyl (C=O) groups excluding carboxylic acids is 2. The number of carbonyl (C=O) groups is 2. The third-order valence-electron chi connectivity index (χ3n) is 5.78. The van der Waals surface area contributed by atoms with Crippen LogP contribution in [0.1, 0.15) is 27.7 Å².